The van der Waals surface area contributed by atoms with Crippen LogP contribution in [0, 0.1) is 6.92 Å². The number of hydrogen-bond acceptors (Lipinski definition) is 6. The van der Waals surface area contributed by atoms with E-state index in [9.17, 15) is 4.79 Å². The second kappa shape index (κ2) is 10.00. The Hall–Kier alpha value is -2.51. The molecule has 30 heavy (non-hydrogen) atoms. The molecule has 1 fully saturated rings. The fourth-order valence-electron chi connectivity index (χ4n) is 3.01. The Morgan fingerprint density at radius 1 is 1.10 bits per heavy atom. The number of aryl methyl sites for hydroxylation is 2. The topological polar surface area (TPSA) is 48.0 Å². The van der Waals surface area contributed by atoms with E-state index >= 15 is 0 Å². The highest BCUT2D eigenvalue weighted by molar-refractivity contribution is 8.26. The lowest BCUT2D eigenvalue weighted by molar-refractivity contribution is -0.121. The molecule has 0 saturated carbocycles. The molecule has 5 nitrogen and oxygen atoms in total. The highest BCUT2D eigenvalue weighted by atomic mass is 32.2. The average Bonchev–Trinajstić information content (AvgIpc) is 2.97. The minimum Gasteiger partial charge on any atom is -0.493 e. The van der Waals surface area contributed by atoms with Gasteiger partial charge in [0.05, 0.1) is 12.0 Å². The predicted octanol–water partition coefficient (Wildman–Crippen LogP) is 4.85. The quantitative estimate of drug-likeness (QED) is 0.330. The van der Waals surface area contributed by atoms with E-state index in [1.54, 1.807) is 20.2 Å². The first-order valence-corrected chi connectivity index (χ1v) is 10.9. The largest absolute Gasteiger partial charge is 0.493 e. The van der Waals surface area contributed by atoms with Gasteiger partial charge in [0.1, 0.15) is 23.3 Å². The van der Waals surface area contributed by atoms with E-state index in [-0.39, 0.29) is 5.91 Å². The Morgan fingerprint density at radius 2 is 1.87 bits per heavy atom. The summed E-state index contributed by atoms with van der Waals surface area (Å²) in [6.45, 7) is 5.00. The van der Waals surface area contributed by atoms with Crippen molar-refractivity contribution in [2.45, 2.75) is 20.3 Å². The molecule has 1 aliphatic heterocycles. The lowest BCUT2D eigenvalue weighted by Gasteiger charge is -2.13. The second-order valence-corrected chi connectivity index (χ2v) is 8.53. The molecule has 2 aromatic rings. The third kappa shape index (κ3) is 5.34. The van der Waals surface area contributed by atoms with Crippen molar-refractivity contribution in [2.75, 3.05) is 27.4 Å². The molecule has 0 spiro atoms. The van der Waals surface area contributed by atoms with Gasteiger partial charge < -0.3 is 14.2 Å². The maximum Gasteiger partial charge on any atom is 0.265 e. The predicted molar refractivity (Wildman–Crippen MR) is 125 cm³/mol. The lowest BCUT2D eigenvalue weighted by atomic mass is 10.1. The van der Waals surface area contributed by atoms with Crippen LogP contribution >= 0.6 is 24.0 Å². The molecule has 1 amide bonds. The van der Waals surface area contributed by atoms with Crippen LogP contribution < -0.4 is 14.2 Å². The monoisotopic (exact) mass is 443 g/mol. The average molecular weight is 444 g/mol. The summed E-state index contributed by atoms with van der Waals surface area (Å²) in [7, 11) is 3.27. The molecule has 1 saturated heterocycles. The van der Waals surface area contributed by atoms with Crippen molar-refractivity contribution in [3.8, 4) is 17.2 Å². The van der Waals surface area contributed by atoms with E-state index in [0.717, 1.165) is 17.7 Å². The number of thioether (sulfide) groups is 1. The van der Waals surface area contributed by atoms with Gasteiger partial charge in [0, 0.05) is 7.05 Å². The van der Waals surface area contributed by atoms with Crippen LogP contribution in [0.3, 0.4) is 0 Å². The van der Waals surface area contributed by atoms with E-state index in [0.29, 0.717) is 33.9 Å². The molecule has 0 atom stereocenters. The summed E-state index contributed by atoms with van der Waals surface area (Å²) < 4.78 is 17.7. The summed E-state index contributed by atoms with van der Waals surface area (Å²) in [5.74, 6) is 1.98. The fourth-order valence-corrected chi connectivity index (χ4v) is 4.19. The van der Waals surface area contributed by atoms with Crippen LogP contribution in [-0.2, 0) is 11.2 Å². The molecule has 2 aromatic carbocycles. The third-order valence-corrected chi connectivity index (χ3v) is 6.09. The maximum absolute atomic E-state index is 12.2. The molecular weight excluding hydrogens is 418 g/mol. The van der Waals surface area contributed by atoms with Gasteiger partial charge >= 0.3 is 0 Å². The van der Waals surface area contributed by atoms with Gasteiger partial charge in [-0.15, -0.1) is 0 Å². The van der Waals surface area contributed by atoms with Gasteiger partial charge in [0.25, 0.3) is 5.91 Å². The van der Waals surface area contributed by atoms with Gasteiger partial charge in [0.15, 0.2) is 11.5 Å². The van der Waals surface area contributed by atoms with Crippen LogP contribution in [0.15, 0.2) is 41.3 Å². The number of thiocarbonyl (C=S) groups is 1. The summed E-state index contributed by atoms with van der Waals surface area (Å²) in [5.41, 5.74) is 3.28. The number of hydrogen-bond donors (Lipinski definition) is 0. The first-order chi connectivity index (χ1) is 14.4. The van der Waals surface area contributed by atoms with E-state index in [2.05, 4.69) is 26.0 Å². The van der Waals surface area contributed by atoms with Crippen molar-refractivity contribution < 1.29 is 19.0 Å². The van der Waals surface area contributed by atoms with Crippen molar-refractivity contribution >= 4 is 40.3 Å². The van der Waals surface area contributed by atoms with E-state index in [4.69, 9.17) is 26.4 Å². The molecule has 0 N–H and O–H groups in total. The number of rotatable bonds is 8. The fraction of sp³-hybridized carbons (Fsp3) is 0.304. The Bertz CT molecular complexity index is 987. The Morgan fingerprint density at radius 3 is 2.53 bits per heavy atom. The molecule has 0 unspecified atom stereocenters. The van der Waals surface area contributed by atoms with Gasteiger partial charge in [0.2, 0.25) is 0 Å². The molecule has 0 radical (unpaired) electrons. The van der Waals surface area contributed by atoms with Crippen molar-refractivity contribution in [3.63, 3.8) is 0 Å². The highest BCUT2D eigenvalue weighted by Gasteiger charge is 2.28. The van der Waals surface area contributed by atoms with Crippen molar-refractivity contribution in [2.24, 2.45) is 0 Å². The number of benzene rings is 2. The number of methoxy groups -OCH3 is 1. The number of ether oxygens (including phenoxy) is 3. The first kappa shape index (κ1) is 22.2. The summed E-state index contributed by atoms with van der Waals surface area (Å²) in [6.07, 6.45) is 2.78. The Balaban J connectivity index is 1.61. The maximum atomic E-state index is 12.2. The molecular formula is C23H25NO4S2. The first-order valence-electron chi connectivity index (χ1n) is 9.67. The molecule has 0 aromatic heterocycles. The van der Waals surface area contributed by atoms with Crippen molar-refractivity contribution in [3.05, 3.63) is 58.0 Å². The summed E-state index contributed by atoms with van der Waals surface area (Å²) in [4.78, 5) is 14.2. The third-order valence-electron chi connectivity index (χ3n) is 4.60. The van der Waals surface area contributed by atoms with Crippen LogP contribution in [0.1, 0.15) is 23.6 Å². The number of carbonyl (C=O) groups excluding carboxylic acids is 1. The van der Waals surface area contributed by atoms with Crippen LogP contribution in [-0.4, -0.2) is 42.5 Å². The molecule has 158 valence electrons. The molecule has 3 rings (SSSR count). The zero-order chi connectivity index (χ0) is 21.7. The van der Waals surface area contributed by atoms with Gasteiger partial charge in [-0.2, -0.15) is 0 Å². The number of likely N-dealkylation sites (N-methyl/N-ethyl adjacent to an activating group) is 1. The second-order valence-electron chi connectivity index (χ2n) is 6.86. The summed E-state index contributed by atoms with van der Waals surface area (Å²) in [5, 5.41) is 0. The van der Waals surface area contributed by atoms with Crippen LogP contribution in [0.25, 0.3) is 6.08 Å². The van der Waals surface area contributed by atoms with Crippen molar-refractivity contribution in [1.29, 1.82) is 0 Å². The SMILES string of the molecule is CCc1cc(C)cc(OCCOc2ccc(C=C3SC(=S)N(C)C3=O)cc2OC)c1. The minimum atomic E-state index is -0.0937. The lowest BCUT2D eigenvalue weighted by Crippen LogP contribution is -2.22. The van der Waals surface area contributed by atoms with Crippen LogP contribution in [0.5, 0.6) is 17.2 Å². The zero-order valence-electron chi connectivity index (χ0n) is 17.6. The van der Waals surface area contributed by atoms with E-state index in [1.807, 2.05) is 24.3 Å². The van der Waals surface area contributed by atoms with Gasteiger partial charge in [-0.05, 0) is 60.4 Å². The minimum absolute atomic E-state index is 0.0937. The highest BCUT2D eigenvalue weighted by Crippen LogP contribution is 2.34. The van der Waals surface area contributed by atoms with Gasteiger partial charge in [-0.3, -0.25) is 9.69 Å². The molecule has 1 aliphatic rings. The van der Waals surface area contributed by atoms with Crippen molar-refractivity contribution in [1.82, 2.24) is 4.90 Å². The van der Waals surface area contributed by atoms with E-state index < -0.39 is 0 Å². The number of carbonyl (C=O) groups is 1. The molecule has 0 bridgehead atoms. The normalized spacial score (nSPS) is 15.1. The smallest absolute Gasteiger partial charge is 0.265 e. The van der Waals surface area contributed by atoms with Gasteiger partial charge in [-0.25, -0.2) is 0 Å². The molecule has 0 aliphatic carbocycles. The molecule has 1 heterocycles. The zero-order valence-corrected chi connectivity index (χ0v) is 19.2. The Kier molecular flexibility index (Phi) is 7.39. The van der Waals surface area contributed by atoms with E-state index in [1.165, 1.54) is 27.8 Å². The Labute approximate surface area is 187 Å². The number of amides is 1. The molecule has 7 heteroatoms. The van der Waals surface area contributed by atoms with Crippen LogP contribution in [0.2, 0.25) is 0 Å². The summed E-state index contributed by atoms with van der Waals surface area (Å²) >= 11 is 6.46. The van der Waals surface area contributed by atoms with Gasteiger partial charge in [-0.1, -0.05) is 43.0 Å². The number of nitrogens with zero attached hydrogens (tertiary/aromatic N) is 1. The standard InChI is InChI=1S/C23H25NO4S2/c1-5-16-10-15(2)11-18(12-16)27-8-9-28-19-7-6-17(13-20(19)26-4)14-21-22(25)24(3)23(29)30-21/h6-7,10-14H,5,8-9H2,1-4H3. The van der Waals surface area contributed by atoms with Crippen LogP contribution in [0.4, 0.5) is 0 Å². The summed E-state index contributed by atoms with van der Waals surface area (Å²) in [6, 6.07) is 11.8.